The summed E-state index contributed by atoms with van der Waals surface area (Å²) >= 11 is 5.12. The quantitative estimate of drug-likeness (QED) is 0.222. The molecule has 0 saturated heterocycles. The number of halogens is 1. The number of carbonyl (C=O) groups excluding carboxylic acids is 3. The molecule has 1 amide bonds. The second-order valence-corrected chi connectivity index (χ2v) is 10.6. The predicted molar refractivity (Wildman–Crippen MR) is 157 cm³/mol. The van der Waals surface area contributed by atoms with Gasteiger partial charge in [0, 0.05) is 28.6 Å². The van der Waals surface area contributed by atoms with Crippen LogP contribution in [0.25, 0.3) is 22.3 Å². The molecule has 12 heteroatoms. The molecule has 0 aliphatic carbocycles. The van der Waals surface area contributed by atoms with Gasteiger partial charge in [-0.1, -0.05) is 25.1 Å². The molecule has 10 nitrogen and oxygen atoms in total. The maximum Gasteiger partial charge on any atom is 0.355 e. The highest BCUT2D eigenvalue weighted by molar-refractivity contribution is 7.80. The number of esters is 2. The van der Waals surface area contributed by atoms with Crippen molar-refractivity contribution in [2.75, 3.05) is 6.54 Å². The van der Waals surface area contributed by atoms with Crippen LogP contribution in [0.4, 0.5) is 4.39 Å². The number of cyclic esters (lactones) is 1. The van der Waals surface area contributed by atoms with Crippen LogP contribution in [0.3, 0.4) is 0 Å². The van der Waals surface area contributed by atoms with Crippen molar-refractivity contribution in [1.29, 1.82) is 0 Å². The number of rotatable bonds is 6. The summed E-state index contributed by atoms with van der Waals surface area (Å²) in [5, 5.41) is 6.09. The van der Waals surface area contributed by atoms with Crippen LogP contribution in [0.1, 0.15) is 46.8 Å². The number of fused-ring (bicyclic) bond motifs is 5. The summed E-state index contributed by atoms with van der Waals surface area (Å²) in [5.41, 5.74) is 1.40. The Balaban J connectivity index is 1.20. The van der Waals surface area contributed by atoms with Crippen molar-refractivity contribution in [2.24, 2.45) is 0 Å². The molecule has 43 heavy (non-hydrogen) atoms. The van der Waals surface area contributed by atoms with Gasteiger partial charge in [-0.2, -0.15) is 0 Å². The van der Waals surface area contributed by atoms with Gasteiger partial charge in [-0.25, -0.2) is 14.2 Å². The maximum atomic E-state index is 13.6. The third-order valence-corrected chi connectivity index (χ3v) is 7.87. The highest BCUT2D eigenvalue weighted by Gasteiger charge is 2.50. The van der Waals surface area contributed by atoms with E-state index in [0.717, 1.165) is 28.6 Å². The van der Waals surface area contributed by atoms with Gasteiger partial charge in [-0.05, 0) is 61.1 Å². The normalized spacial score (nSPS) is 16.5. The van der Waals surface area contributed by atoms with Gasteiger partial charge in [-0.3, -0.25) is 19.7 Å². The SMILES string of the molecule is CC[C@@]1(OC(=O)CCNC(=S)NC(=O)c2ccc(F)cc2)C(=O)OCc2c1cc1n(c2=O)Cc2cc3ccccc3nc2-1. The van der Waals surface area contributed by atoms with Crippen molar-refractivity contribution >= 4 is 46.1 Å². The lowest BCUT2D eigenvalue weighted by atomic mass is 9.85. The second kappa shape index (κ2) is 11.0. The first-order chi connectivity index (χ1) is 20.7. The van der Waals surface area contributed by atoms with E-state index in [1.165, 1.54) is 12.1 Å². The molecular weight excluding hydrogens is 575 g/mol. The van der Waals surface area contributed by atoms with Crippen LogP contribution in [-0.4, -0.2) is 39.1 Å². The number of hydrogen-bond acceptors (Lipinski definition) is 8. The number of carbonyl (C=O) groups is 3. The zero-order valence-corrected chi connectivity index (χ0v) is 23.8. The largest absolute Gasteiger partial charge is 0.457 e. The number of thiocarbonyl (C=S) groups is 1. The molecule has 2 aromatic heterocycles. The lowest BCUT2D eigenvalue weighted by Crippen LogP contribution is -2.48. The summed E-state index contributed by atoms with van der Waals surface area (Å²) in [6, 6.07) is 16.3. The molecule has 4 aromatic rings. The Morgan fingerprint density at radius 3 is 2.67 bits per heavy atom. The second-order valence-electron chi connectivity index (χ2n) is 10.2. The van der Waals surface area contributed by atoms with E-state index in [2.05, 4.69) is 10.6 Å². The molecule has 1 atom stereocenters. The Morgan fingerprint density at radius 1 is 1.14 bits per heavy atom. The van der Waals surface area contributed by atoms with Crippen molar-refractivity contribution in [3.8, 4) is 11.4 Å². The van der Waals surface area contributed by atoms with Crippen LogP contribution >= 0.6 is 12.2 Å². The Hall–Kier alpha value is -4.97. The summed E-state index contributed by atoms with van der Waals surface area (Å²) < 4.78 is 25.9. The van der Waals surface area contributed by atoms with Crippen molar-refractivity contribution < 1.29 is 28.2 Å². The summed E-state index contributed by atoms with van der Waals surface area (Å²) in [6.45, 7) is 1.75. The van der Waals surface area contributed by atoms with E-state index in [4.69, 9.17) is 26.7 Å². The van der Waals surface area contributed by atoms with E-state index < -0.39 is 29.3 Å². The fourth-order valence-corrected chi connectivity index (χ4v) is 5.62. The number of ether oxygens (including phenoxy) is 2. The topological polar surface area (TPSA) is 129 Å². The zero-order valence-electron chi connectivity index (χ0n) is 22.9. The fraction of sp³-hybridized carbons (Fsp3) is 0.226. The first-order valence-electron chi connectivity index (χ1n) is 13.6. The van der Waals surface area contributed by atoms with E-state index in [-0.39, 0.29) is 53.4 Å². The van der Waals surface area contributed by atoms with Crippen LogP contribution in [0, 0.1) is 5.82 Å². The van der Waals surface area contributed by atoms with E-state index >= 15 is 0 Å². The number of aromatic nitrogens is 2. The van der Waals surface area contributed by atoms with Gasteiger partial charge in [0.25, 0.3) is 11.5 Å². The molecule has 2 N–H and O–H groups in total. The van der Waals surface area contributed by atoms with Crippen LogP contribution in [0.15, 0.2) is 65.5 Å². The van der Waals surface area contributed by atoms with E-state index in [0.29, 0.717) is 17.9 Å². The van der Waals surface area contributed by atoms with Crippen LogP contribution < -0.4 is 16.2 Å². The molecule has 0 saturated carbocycles. The van der Waals surface area contributed by atoms with Gasteiger partial charge in [0.05, 0.1) is 35.4 Å². The van der Waals surface area contributed by atoms with E-state index in [1.54, 1.807) is 17.6 Å². The number of nitrogens with zero attached hydrogens (tertiary/aromatic N) is 2. The first kappa shape index (κ1) is 28.2. The highest BCUT2D eigenvalue weighted by atomic mass is 32.1. The van der Waals surface area contributed by atoms with Crippen molar-refractivity contribution in [2.45, 2.75) is 38.5 Å². The molecule has 0 spiro atoms. The average molecular weight is 601 g/mol. The van der Waals surface area contributed by atoms with E-state index in [1.807, 2.05) is 30.3 Å². The van der Waals surface area contributed by atoms with Gasteiger partial charge < -0.3 is 19.4 Å². The standard InChI is InChI=1S/C31H25FN4O6S/c1-2-31(42-25(37)11-12-33-30(43)35-27(38)17-7-9-20(32)10-8-17)22-14-24-26-19(13-18-5-3-4-6-23(18)34-26)15-36(24)28(39)21(22)16-41-29(31)40/h3-10,13-14H,2,11-12,15-16H2,1H3,(H2,33,35,38,43)/t31-/m0/s1. The molecule has 0 fully saturated rings. The molecular formula is C31H25FN4O6S. The van der Waals surface area contributed by atoms with E-state index in [9.17, 15) is 23.6 Å². The van der Waals surface area contributed by atoms with Crippen molar-refractivity contribution in [3.05, 3.63) is 99.1 Å². The number of amides is 1. The first-order valence-corrected chi connectivity index (χ1v) is 14.0. The monoisotopic (exact) mass is 600 g/mol. The van der Waals surface area contributed by atoms with Crippen LogP contribution in [0.2, 0.25) is 0 Å². The number of benzene rings is 2. The minimum absolute atomic E-state index is 0.0136. The van der Waals surface area contributed by atoms with Gasteiger partial charge in [-0.15, -0.1) is 0 Å². The molecule has 0 radical (unpaired) electrons. The summed E-state index contributed by atoms with van der Waals surface area (Å²) in [7, 11) is 0. The molecule has 2 aliphatic heterocycles. The lowest BCUT2D eigenvalue weighted by Gasteiger charge is -2.35. The lowest BCUT2D eigenvalue weighted by molar-refractivity contribution is -0.189. The molecule has 218 valence electrons. The highest BCUT2D eigenvalue weighted by Crippen LogP contribution is 2.41. The molecule has 2 aromatic carbocycles. The minimum Gasteiger partial charge on any atom is -0.457 e. The summed E-state index contributed by atoms with van der Waals surface area (Å²) in [4.78, 5) is 56.9. The average Bonchev–Trinajstić information content (AvgIpc) is 3.35. The number of para-hydroxylation sites is 1. The number of nitrogens with one attached hydrogen (secondary N) is 2. The molecule has 4 heterocycles. The van der Waals surface area contributed by atoms with Crippen molar-refractivity contribution in [1.82, 2.24) is 20.2 Å². The summed E-state index contributed by atoms with van der Waals surface area (Å²) in [6.07, 6.45) is -0.178. The van der Waals surface area contributed by atoms with Gasteiger partial charge >= 0.3 is 11.9 Å². The third-order valence-electron chi connectivity index (χ3n) is 7.62. The van der Waals surface area contributed by atoms with Crippen LogP contribution in [-0.2, 0) is 37.8 Å². The number of pyridine rings is 2. The Kier molecular flexibility index (Phi) is 7.22. The Labute approximate surface area is 249 Å². The van der Waals surface area contributed by atoms with Crippen molar-refractivity contribution in [3.63, 3.8) is 0 Å². The molecule has 0 unspecified atom stereocenters. The number of hydrogen-bond donors (Lipinski definition) is 2. The minimum atomic E-state index is -1.82. The molecule has 2 aliphatic rings. The molecule has 0 bridgehead atoms. The van der Waals surface area contributed by atoms with Gasteiger partial charge in [0.2, 0.25) is 5.60 Å². The smallest absolute Gasteiger partial charge is 0.355 e. The fourth-order valence-electron chi connectivity index (χ4n) is 5.43. The van der Waals surface area contributed by atoms with Gasteiger partial charge in [0.15, 0.2) is 5.11 Å². The van der Waals surface area contributed by atoms with Gasteiger partial charge in [0.1, 0.15) is 12.4 Å². The molecule has 6 rings (SSSR count). The zero-order chi connectivity index (χ0) is 30.3. The summed E-state index contributed by atoms with van der Waals surface area (Å²) in [5.74, 6) is -2.53. The third kappa shape index (κ3) is 5.03. The maximum absolute atomic E-state index is 13.6. The Bertz CT molecular complexity index is 1890. The predicted octanol–water partition coefficient (Wildman–Crippen LogP) is 3.46. The Morgan fingerprint density at radius 2 is 1.91 bits per heavy atom. The van der Waals surface area contributed by atoms with Crippen LogP contribution in [0.5, 0.6) is 0 Å².